The third-order valence-electron chi connectivity index (χ3n) is 3.34. The number of hydrogen-bond donors (Lipinski definition) is 1. The van der Waals surface area contributed by atoms with Crippen molar-refractivity contribution in [1.82, 2.24) is 0 Å². The van der Waals surface area contributed by atoms with Gasteiger partial charge in [-0.25, -0.2) is 0 Å². The van der Waals surface area contributed by atoms with Crippen molar-refractivity contribution in [3.63, 3.8) is 0 Å². The maximum absolute atomic E-state index is 11.5. The number of aliphatic carboxylic acids is 1. The Labute approximate surface area is 104 Å². The fraction of sp³-hybridized carbons (Fsp3) is 0.385. The first-order chi connectivity index (χ1) is 8.04. The van der Waals surface area contributed by atoms with Gasteiger partial charge in [-0.3, -0.25) is 9.59 Å². The van der Waals surface area contributed by atoms with E-state index in [-0.39, 0.29) is 12.2 Å². The minimum atomic E-state index is -1.08. The predicted molar refractivity (Wildman–Crippen MR) is 64.2 cm³/mol. The molecule has 90 valence electrons. The topological polar surface area (TPSA) is 54.4 Å². The Hall–Kier alpha value is -1.35. The van der Waals surface area contributed by atoms with Gasteiger partial charge in [-0.05, 0) is 30.5 Å². The summed E-state index contributed by atoms with van der Waals surface area (Å²) in [5.41, 5.74) is -0.453. The second-order valence-electron chi connectivity index (χ2n) is 4.47. The van der Waals surface area contributed by atoms with Gasteiger partial charge in [-0.15, -0.1) is 0 Å². The molecule has 1 aromatic carbocycles. The van der Waals surface area contributed by atoms with Gasteiger partial charge < -0.3 is 5.11 Å². The zero-order chi connectivity index (χ0) is 12.5. The molecule has 2 rings (SSSR count). The summed E-state index contributed by atoms with van der Waals surface area (Å²) >= 11 is 5.89. The van der Waals surface area contributed by atoms with Gasteiger partial charge in [0, 0.05) is 17.9 Å². The molecule has 0 spiro atoms. The van der Waals surface area contributed by atoms with Crippen molar-refractivity contribution in [2.45, 2.75) is 31.1 Å². The molecule has 1 aliphatic rings. The van der Waals surface area contributed by atoms with Crippen LogP contribution in [0.15, 0.2) is 24.3 Å². The number of ketones is 1. The monoisotopic (exact) mass is 252 g/mol. The smallest absolute Gasteiger partial charge is 0.314 e. The summed E-state index contributed by atoms with van der Waals surface area (Å²) in [4.78, 5) is 23.1. The van der Waals surface area contributed by atoms with Crippen molar-refractivity contribution in [3.8, 4) is 0 Å². The van der Waals surface area contributed by atoms with Crippen molar-refractivity contribution in [1.29, 1.82) is 0 Å². The number of Topliss-reactive ketones (excluding diaryl/α,β-unsaturated/α-hetero) is 1. The molecule has 1 saturated carbocycles. The highest BCUT2D eigenvalue weighted by Gasteiger charge is 2.44. The number of carboxylic acids is 1. The third-order valence-corrected chi connectivity index (χ3v) is 3.58. The summed E-state index contributed by atoms with van der Waals surface area (Å²) in [7, 11) is 0. The van der Waals surface area contributed by atoms with Gasteiger partial charge in [0.1, 0.15) is 5.78 Å². The van der Waals surface area contributed by atoms with Crippen LogP contribution >= 0.6 is 11.6 Å². The summed E-state index contributed by atoms with van der Waals surface area (Å²) in [5, 5.41) is 9.96. The molecule has 0 bridgehead atoms. The van der Waals surface area contributed by atoms with E-state index in [2.05, 4.69) is 0 Å². The van der Waals surface area contributed by atoms with Crippen molar-refractivity contribution in [3.05, 3.63) is 34.9 Å². The van der Waals surface area contributed by atoms with Crippen LogP contribution in [0.3, 0.4) is 0 Å². The molecule has 4 heteroatoms. The van der Waals surface area contributed by atoms with Crippen LogP contribution in [0.4, 0.5) is 0 Å². The van der Waals surface area contributed by atoms with Crippen LogP contribution in [0, 0.1) is 0 Å². The van der Waals surface area contributed by atoms with Crippen molar-refractivity contribution >= 4 is 23.4 Å². The van der Waals surface area contributed by atoms with E-state index < -0.39 is 11.4 Å². The largest absolute Gasteiger partial charge is 0.481 e. The molecule has 0 heterocycles. The van der Waals surface area contributed by atoms with E-state index in [1.165, 1.54) is 0 Å². The van der Waals surface area contributed by atoms with Gasteiger partial charge in [0.05, 0.1) is 5.41 Å². The maximum Gasteiger partial charge on any atom is 0.314 e. The van der Waals surface area contributed by atoms with Crippen molar-refractivity contribution < 1.29 is 14.7 Å². The van der Waals surface area contributed by atoms with Crippen LogP contribution in [0.2, 0.25) is 5.02 Å². The summed E-state index contributed by atoms with van der Waals surface area (Å²) in [5.74, 6) is -0.925. The van der Waals surface area contributed by atoms with Gasteiger partial charge >= 0.3 is 5.97 Å². The average Bonchev–Trinajstić information content (AvgIpc) is 2.28. The van der Waals surface area contributed by atoms with E-state index in [4.69, 9.17) is 11.6 Å². The number of benzene rings is 1. The molecular weight excluding hydrogens is 240 g/mol. The predicted octanol–water partition coefficient (Wildman–Crippen LogP) is 2.81. The summed E-state index contributed by atoms with van der Waals surface area (Å²) in [6, 6.07) is 6.81. The summed E-state index contributed by atoms with van der Waals surface area (Å²) in [6.07, 6.45) is 1.67. The van der Waals surface area contributed by atoms with E-state index in [1.54, 1.807) is 24.3 Å². The molecule has 3 nitrogen and oxygen atoms in total. The first-order valence-electron chi connectivity index (χ1n) is 5.56. The highest BCUT2D eigenvalue weighted by atomic mass is 35.5. The molecule has 1 aromatic rings. The molecular formula is C13H13ClO3. The van der Waals surface area contributed by atoms with Crippen LogP contribution < -0.4 is 0 Å². The molecule has 0 amide bonds. The Bertz CT molecular complexity index is 469. The van der Waals surface area contributed by atoms with Gasteiger partial charge in [0.25, 0.3) is 0 Å². The third kappa shape index (κ3) is 2.20. The lowest BCUT2D eigenvalue weighted by Gasteiger charge is -2.32. The van der Waals surface area contributed by atoms with Crippen LogP contribution in [-0.2, 0) is 15.0 Å². The van der Waals surface area contributed by atoms with Crippen LogP contribution in [0.1, 0.15) is 31.2 Å². The van der Waals surface area contributed by atoms with Gasteiger partial charge in [0.2, 0.25) is 0 Å². The first-order valence-corrected chi connectivity index (χ1v) is 5.93. The number of hydrogen-bond acceptors (Lipinski definition) is 2. The normalized spacial score (nSPS) is 24.6. The summed E-state index contributed by atoms with van der Waals surface area (Å²) < 4.78 is 0. The van der Waals surface area contributed by atoms with Crippen LogP contribution in [-0.4, -0.2) is 16.9 Å². The molecule has 0 saturated heterocycles. The SMILES string of the molecule is O=C1CCCC(C(=O)O)(c2cccc(Cl)c2)C1. The first kappa shape index (κ1) is 12.1. The lowest BCUT2D eigenvalue weighted by molar-refractivity contribution is -0.147. The molecule has 0 aromatic heterocycles. The molecule has 1 fully saturated rings. The zero-order valence-electron chi connectivity index (χ0n) is 9.28. The van der Waals surface area contributed by atoms with Gasteiger partial charge in [0.15, 0.2) is 0 Å². The zero-order valence-corrected chi connectivity index (χ0v) is 10.0. The molecule has 0 radical (unpaired) electrons. The van der Waals surface area contributed by atoms with Crippen molar-refractivity contribution in [2.24, 2.45) is 0 Å². The standard InChI is InChI=1S/C13H13ClO3/c14-10-4-1-3-9(7-10)13(12(16)17)6-2-5-11(15)8-13/h1,3-4,7H,2,5-6,8H2,(H,16,17). The van der Waals surface area contributed by atoms with E-state index in [9.17, 15) is 14.7 Å². The number of carboxylic acid groups (broad SMARTS) is 1. The van der Waals surface area contributed by atoms with Crippen LogP contribution in [0.5, 0.6) is 0 Å². The Morgan fingerprint density at radius 2 is 2.18 bits per heavy atom. The van der Waals surface area contributed by atoms with E-state index in [1.807, 2.05) is 0 Å². The quantitative estimate of drug-likeness (QED) is 0.881. The molecule has 1 atom stereocenters. The number of carbonyl (C=O) groups excluding carboxylic acids is 1. The number of rotatable bonds is 2. The molecule has 1 aliphatic carbocycles. The number of carbonyl (C=O) groups is 2. The average molecular weight is 253 g/mol. The minimum absolute atomic E-state index is 0.0126. The second kappa shape index (κ2) is 4.49. The molecule has 0 aliphatic heterocycles. The Balaban J connectivity index is 2.47. The molecule has 1 N–H and O–H groups in total. The van der Waals surface area contributed by atoms with Gasteiger partial charge in [-0.1, -0.05) is 23.7 Å². The van der Waals surface area contributed by atoms with E-state index in [0.717, 1.165) is 0 Å². The van der Waals surface area contributed by atoms with Gasteiger partial charge in [-0.2, -0.15) is 0 Å². The minimum Gasteiger partial charge on any atom is -0.481 e. The highest BCUT2D eigenvalue weighted by Crippen LogP contribution is 2.39. The molecule has 1 unspecified atom stereocenters. The Morgan fingerprint density at radius 1 is 1.41 bits per heavy atom. The Kier molecular flexibility index (Phi) is 3.20. The van der Waals surface area contributed by atoms with E-state index in [0.29, 0.717) is 29.8 Å². The second-order valence-corrected chi connectivity index (χ2v) is 4.90. The fourth-order valence-corrected chi connectivity index (χ4v) is 2.63. The number of halogens is 1. The molecule has 17 heavy (non-hydrogen) atoms. The van der Waals surface area contributed by atoms with E-state index >= 15 is 0 Å². The highest BCUT2D eigenvalue weighted by molar-refractivity contribution is 6.30. The maximum atomic E-state index is 11.5. The summed E-state index contributed by atoms with van der Waals surface area (Å²) in [6.45, 7) is 0. The van der Waals surface area contributed by atoms with Crippen LogP contribution in [0.25, 0.3) is 0 Å². The lowest BCUT2D eigenvalue weighted by atomic mass is 9.69. The lowest BCUT2D eigenvalue weighted by Crippen LogP contribution is -2.40. The Morgan fingerprint density at radius 3 is 2.76 bits per heavy atom. The van der Waals surface area contributed by atoms with Crippen molar-refractivity contribution in [2.75, 3.05) is 0 Å². The fourth-order valence-electron chi connectivity index (χ4n) is 2.44.